The van der Waals surface area contributed by atoms with Crippen LogP contribution in [0, 0.1) is 6.92 Å². The maximum atomic E-state index is 12.2. The maximum absolute atomic E-state index is 12.2. The van der Waals surface area contributed by atoms with Crippen LogP contribution in [0.4, 0.5) is 5.82 Å². The van der Waals surface area contributed by atoms with Gasteiger partial charge >= 0.3 is 11.9 Å². The minimum Gasteiger partial charge on any atom is -0.493 e. The predicted octanol–water partition coefficient (Wildman–Crippen LogP) is 2.90. The number of ether oxygens (including phenoxy) is 1. The van der Waals surface area contributed by atoms with E-state index in [9.17, 15) is 24.6 Å². The Balaban J connectivity index is 2.76. The van der Waals surface area contributed by atoms with E-state index >= 15 is 0 Å². The van der Waals surface area contributed by atoms with Gasteiger partial charge in [0.15, 0.2) is 0 Å². The van der Waals surface area contributed by atoms with Gasteiger partial charge in [-0.3, -0.25) is 4.79 Å². The Kier molecular flexibility index (Phi) is 6.23. The van der Waals surface area contributed by atoms with Gasteiger partial charge in [-0.25, -0.2) is 9.59 Å². The second-order valence-electron chi connectivity index (χ2n) is 6.16. The highest BCUT2D eigenvalue weighted by molar-refractivity contribution is 6.08. The van der Waals surface area contributed by atoms with Gasteiger partial charge in [0.1, 0.15) is 22.7 Å². The van der Waals surface area contributed by atoms with Crippen molar-refractivity contribution in [1.82, 2.24) is 4.98 Å². The summed E-state index contributed by atoms with van der Waals surface area (Å²) in [6, 6.07) is 4.98. The number of nitrogens with one attached hydrogen (secondary N) is 1. The first-order valence-corrected chi connectivity index (χ1v) is 8.54. The van der Waals surface area contributed by atoms with Gasteiger partial charge in [-0.15, -0.1) is 0 Å². The van der Waals surface area contributed by atoms with E-state index in [2.05, 4.69) is 11.9 Å². The summed E-state index contributed by atoms with van der Waals surface area (Å²) < 4.78 is 5.76. The predicted molar refractivity (Wildman–Crippen MR) is 101 cm³/mol. The fourth-order valence-electron chi connectivity index (χ4n) is 2.82. The number of carbonyl (C=O) groups is 2. The van der Waals surface area contributed by atoms with Crippen LogP contribution in [0.1, 0.15) is 52.5 Å². The second kappa shape index (κ2) is 8.39. The zero-order valence-corrected chi connectivity index (χ0v) is 15.2. The molecule has 1 aromatic carbocycles. The molecule has 0 amide bonds. The largest absolute Gasteiger partial charge is 0.493 e. The normalized spacial score (nSPS) is 10.6. The molecule has 144 valence electrons. The van der Waals surface area contributed by atoms with Crippen LogP contribution in [0.2, 0.25) is 0 Å². The third-order valence-electron chi connectivity index (χ3n) is 4.08. The monoisotopic (exact) mass is 374 g/mol. The van der Waals surface area contributed by atoms with Crippen molar-refractivity contribution in [1.29, 1.82) is 0 Å². The molecule has 5 N–H and O–H groups in total. The highest BCUT2D eigenvalue weighted by Gasteiger charge is 2.28. The number of hydrogen-bond acceptors (Lipinski definition) is 5. The first-order valence-electron chi connectivity index (χ1n) is 8.54. The van der Waals surface area contributed by atoms with Crippen molar-refractivity contribution in [3.63, 3.8) is 0 Å². The van der Waals surface area contributed by atoms with Crippen LogP contribution in [0.25, 0.3) is 11.1 Å². The first kappa shape index (κ1) is 20.0. The second-order valence-corrected chi connectivity index (χ2v) is 6.16. The highest BCUT2D eigenvalue weighted by atomic mass is 16.5. The van der Waals surface area contributed by atoms with E-state index in [1.54, 1.807) is 25.1 Å². The molecule has 0 saturated carbocycles. The molecule has 0 atom stereocenters. The number of rotatable bonds is 8. The van der Waals surface area contributed by atoms with Crippen molar-refractivity contribution in [3.8, 4) is 16.9 Å². The van der Waals surface area contributed by atoms with Crippen LogP contribution in [-0.4, -0.2) is 33.7 Å². The van der Waals surface area contributed by atoms with Crippen LogP contribution in [0.15, 0.2) is 23.0 Å². The smallest absolute Gasteiger partial charge is 0.342 e. The number of hydrogen-bond donors (Lipinski definition) is 4. The van der Waals surface area contributed by atoms with Crippen molar-refractivity contribution in [3.05, 3.63) is 45.2 Å². The Hall–Kier alpha value is -3.29. The van der Waals surface area contributed by atoms with Gasteiger partial charge in [-0.1, -0.05) is 31.4 Å². The summed E-state index contributed by atoms with van der Waals surface area (Å²) in [5.41, 5.74) is 4.24. The van der Waals surface area contributed by atoms with E-state index in [0.717, 1.165) is 24.8 Å². The van der Waals surface area contributed by atoms with E-state index in [0.29, 0.717) is 12.4 Å². The number of nitrogens with two attached hydrogens (primary N) is 1. The molecule has 0 fully saturated rings. The Morgan fingerprint density at radius 2 is 1.81 bits per heavy atom. The van der Waals surface area contributed by atoms with Gasteiger partial charge in [0, 0.05) is 11.1 Å². The zero-order chi connectivity index (χ0) is 20.1. The van der Waals surface area contributed by atoms with Gasteiger partial charge in [0.2, 0.25) is 0 Å². The lowest BCUT2D eigenvalue weighted by Gasteiger charge is -2.17. The molecule has 0 radical (unpaired) electrons. The number of unbranched alkanes of at least 4 members (excludes halogenated alkanes) is 2. The van der Waals surface area contributed by atoms with Crippen LogP contribution < -0.4 is 16.0 Å². The van der Waals surface area contributed by atoms with Crippen LogP contribution in [0.3, 0.4) is 0 Å². The fraction of sp³-hybridized carbons (Fsp3) is 0.316. The number of H-pyrrole nitrogens is 1. The number of anilines is 1. The van der Waals surface area contributed by atoms with Gasteiger partial charge in [-0.2, -0.15) is 0 Å². The number of aromatic carboxylic acids is 2. The van der Waals surface area contributed by atoms with Crippen molar-refractivity contribution in [2.75, 3.05) is 12.3 Å². The topological polar surface area (TPSA) is 143 Å². The summed E-state index contributed by atoms with van der Waals surface area (Å²) in [5, 5.41) is 19.1. The number of aromatic amines is 1. The summed E-state index contributed by atoms with van der Waals surface area (Å²) >= 11 is 0. The molecular formula is C19H22N2O6. The van der Waals surface area contributed by atoms with Gasteiger partial charge in [0.25, 0.3) is 5.56 Å². The van der Waals surface area contributed by atoms with Crippen molar-refractivity contribution >= 4 is 17.8 Å². The molecule has 8 nitrogen and oxygen atoms in total. The number of aromatic nitrogens is 1. The molecule has 0 bridgehead atoms. The van der Waals surface area contributed by atoms with Crippen LogP contribution in [0.5, 0.6) is 5.75 Å². The minimum absolute atomic E-state index is 0.207. The number of carboxylic acid groups (broad SMARTS) is 2. The maximum Gasteiger partial charge on any atom is 0.342 e. The van der Waals surface area contributed by atoms with Crippen LogP contribution in [-0.2, 0) is 0 Å². The van der Waals surface area contributed by atoms with Crippen molar-refractivity contribution in [2.24, 2.45) is 0 Å². The molecule has 0 saturated heterocycles. The Morgan fingerprint density at radius 1 is 1.15 bits per heavy atom. The molecule has 2 aromatic rings. The van der Waals surface area contributed by atoms with Gasteiger partial charge in [0.05, 0.1) is 6.61 Å². The van der Waals surface area contributed by atoms with Crippen LogP contribution >= 0.6 is 0 Å². The van der Waals surface area contributed by atoms with E-state index < -0.39 is 34.4 Å². The quantitative estimate of drug-likeness (QED) is 0.520. The molecule has 0 aliphatic carbocycles. The van der Waals surface area contributed by atoms with Gasteiger partial charge < -0.3 is 25.7 Å². The number of carboxylic acids is 2. The molecule has 0 aliphatic heterocycles. The number of benzene rings is 1. The molecule has 0 aliphatic rings. The third-order valence-corrected chi connectivity index (χ3v) is 4.08. The van der Waals surface area contributed by atoms with Gasteiger partial charge in [-0.05, 0) is 25.5 Å². The van der Waals surface area contributed by atoms with E-state index in [1.165, 1.54) is 0 Å². The Morgan fingerprint density at radius 3 is 2.41 bits per heavy atom. The zero-order valence-electron chi connectivity index (χ0n) is 15.2. The summed E-state index contributed by atoms with van der Waals surface area (Å²) in [5.74, 6) is -3.11. The van der Waals surface area contributed by atoms with E-state index in [1.807, 2.05) is 0 Å². The average Bonchev–Trinajstić information content (AvgIpc) is 2.58. The number of nitrogen functional groups attached to an aromatic ring is 1. The molecule has 0 unspecified atom stereocenters. The Bertz CT molecular complexity index is 933. The first-order chi connectivity index (χ1) is 12.8. The summed E-state index contributed by atoms with van der Waals surface area (Å²) in [7, 11) is 0. The minimum atomic E-state index is -1.55. The lowest BCUT2D eigenvalue weighted by Crippen LogP contribution is -2.24. The third kappa shape index (κ3) is 4.28. The number of pyridine rings is 1. The molecule has 2 rings (SSSR count). The van der Waals surface area contributed by atoms with Crippen molar-refractivity contribution in [2.45, 2.75) is 33.1 Å². The number of aryl methyl sites for hydroxylation is 1. The average molecular weight is 374 g/mol. The van der Waals surface area contributed by atoms with Crippen molar-refractivity contribution < 1.29 is 24.5 Å². The molecule has 8 heteroatoms. The highest BCUT2D eigenvalue weighted by Crippen LogP contribution is 2.36. The fourth-order valence-corrected chi connectivity index (χ4v) is 2.82. The molecule has 1 heterocycles. The summed E-state index contributed by atoms with van der Waals surface area (Å²) in [4.78, 5) is 37.8. The summed E-state index contributed by atoms with van der Waals surface area (Å²) in [6.07, 6.45) is 2.75. The Labute approximate surface area is 155 Å². The lowest BCUT2D eigenvalue weighted by molar-refractivity contribution is 0.0695. The summed E-state index contributed by atoms with van der Waals surface area (Å²) in [6.45, 7) is 4.20. The van der Waals surface area contributed by atoms with E-state index in [4.69, 9.17) is 10.5 Å². The lowest BCUT2D eigenvalue weighted by atomic mass is 9.93. The molecule has 27 heavy (non-hydrogen) atoms. The molecular weight excluding hydrogens is 352 g/mol. The standard InChI is InChI=1S/C19H22N2O6/c1-3-4-5-8-27-12-7-6-10(2)9-11(12)13-14(18(23)24)16(20)21-17(22)15(13)19(25)26/h6-7,9H,3-5,8H2,1-2H3,(H,23,24)(H,25,26)(H3,20,21,22). The molecule has 0 spiro atoms. The SMILES string of the molecule is CCCCCOc1ccc(C)cc1-c1c(C(=O)O)c(N)[nH]c(=O)c1C(=O)O. The molecule has 1 aromatic heterocycles. The van der Waals surface area contributed by atoms with E-state index in [-0.39, 0.29) is 11.1 Å².